The van der Waals surface area contributed by atoms with E-state index in [0.29, 0.717) is 55.5 Å². The SMILES string of the molecule is O=C1NCc2c(-c3cnc4cc(F)ccn34)ccc(Nc3ccc([C@@H]4CCOC4)c(CN4CC(F)C4)n3)c21. The third-order valence-electron chi connectivity index (χ3n) is 7.64. The molecule has 2 fully saturated rings. The molecule has 0 radical (unpaired) electrons. The lowest BCUT2D eigenvalue weighted by molar-refractivity contribution is 0.0577. The van der Waals surface area contributed by atoms with Gasteiger partial charge in [0.15, 0.2) is 0 Å². The molecular formula is C28H26F2N6O2. The number of hydrogen-bond acceptors (Lipinski definition) is 6. The summed E-state index contributed by atoms with van der Waals surface area (Å²) in [4.78, 5) is 24.2. The Morgan fingerprint density at radius 3 is 2.89 bits per heavy atom. The molecule has 38 heavy (non-hydrogen) atoms. The number of aromatic nitrogens is 3. The van der Waals surface area contributed by atoms with Gasteiger partial charge in [0.25, 0.3) is 5.91 Å². The van der Waals surface area contributed by atoms with Crippen LogP contribution >= 0.6 is 0 Å². The zero-order valence-electron chi connectivity index (χ0n) is 20.6. The minimum atomic E-state index is -0.777. The maximum atomic E-state index is 13.7. The van der Waals surface area contributed by atoms with Gasteiger partial charge in [-0.2, -0.15) is 0 Å². The molecule has 2 saturated heterocycles. The first-order valence-corrected chi connectivity index (χ1v) is 12.8. The Labute approximate surface area is 217 Å². The first-order chi connectivity index (χ1) is 18.5. The molecule has 2 N–H and O–H groups in total. The summed E-state index contributed by atoms with van der Waals surface area (Å²) in [5.74, 6) is 0.383. The van der Waals surface area contributed by atoms with E-state index >= 15 is 0 Å². The lowest BCUT2D eigenvalue weighted by atomic mass is 9.96. The Morgan fingerprint density at radius 1 is 1.18 bits per heavy atom. The number of nitrogens with zero attached hydrogens (tertiary/aromatic N) is 4. The van der Waals surface area contributed by atoms with Crippen molar-refractivity contribution < 1.29 is 18.3 Å². The first-order valence-electron chi connectivity index (χ1n) is 12.8. The fourth-order valence-corrected chi connectivity index (χ4v) is 5.69. The van der Waals surface area contributed by atoms with Gasteiger partial charge in [-0.15, -0.1) is 0 Å². The predicted molar refractivity (Wildman–Crippen MR) is 138 cm³/mol. The number of anilines is 2. The highest BCUT2D eigenvalue weighted by molar-refractivity contribution is 6.06. The molecule has 7 rings (SSSR count). The van der Waals surface area contributed by atoms with E-state index in [0.717, 1.165) is 41.1 Å². The van der Waals surface area contributed by atoms with Gasteiger partial charge in [0.1, 0.15) is 23.5 Å². The molecule has 1 aromatic carbocycles. The van der Waals surface area contributed by atoms with Gasteiger partial charge in [-0.3, -0.25) is 14.1 Å². The quantitative estimate of drug-likeness (QED) is 0.400. The molecular weight excluding hydrogens is 490 g/mol. The second-order valence-electron chi connectivity index (χ2n) is 10.1. The maximum Gasteiger partial charge on any atom is 0.254 e. The third-order valence-corrected chi connectivity index (χ3v) is 7.64. The molecule has 0 saturated carbocycles. The normalized spacial score (nSPS) is 19.5. The Bertz CT molecular complexity index is 1560. The third kappa shape index (κ3) is 4.00. The minimum Gasteiger partial charge on any atom is -0.381 e. The van der Waals surface area contributed by atoms with E-state index in [4.69, 9.17) is 9.72 Å². The molecule has 0 unspecified atom stereocenters. The number of ether oxygens (including phenoxy) is 1. The Kier molecular flexibility index (Phi) is 5.59. The number of benzene rings is 1. The lowest BCUT2D eigenvalue weighted by Gasteiger charge is -2.34. The van der Waals surface area contributed by atoms with Crippen LogP contribution in [0, 0.1) is 5.82 Å². The number of carbonyl (C=O) groups excluding carboxylic acids is 1. The van der Waals surface area contributed by atoms with Crippen LogP contribution in [0.4, 0.5) is 20.3 Å². The largest absolute Gasteiger partial charge is 0.381 e. The van der Waals surface area contributed by atoms with Crippen molar-refractivity contribution in [1.29, 1.82) is 0 Å². The Balaban J connectivity index is 1.24. The molecule has 10 heteroatoms. The van der Waals surface area contributed by atoms with Gasteiger partial charge in [0, 0.05) is 56.5 Å². The van der Waals surface area contributed by atoms with Crippen molar-refractivity contribution in [3.8, 4) is 11.3 Å². The van der Waals surface area contributed by atoms with Crippen molar-refractivity contribution in [2.45, 2.75) is 31.6 Å². The van der Waals surface area contributed by atoms with Crippen LogP contribution in [0.25, 0.3) is 16.9 Å². The number of carbonyl (C=O) groups is 1. The molecule has 8 nitrogen and oxygen atoms in total. The molecule has 0 aliphatic carbocycles. The van der Waals surface area contributed by atoms with Crippen molar-refractivity contribution >= 4 is 23.1 Å². The first kappa shape index (κ1) is 23.2. The number of amides is 1. The molecule has 1 amide bonds. The van der Waals surface area contributed by atoms with Gasteiger partial charge >= 0.3 is 0 Å². The van der Waals surface area contributed by atoms with E-state index in [2.05, 4.69) is 26.6 Å². The molecule has 3 aliphatic rings. The average molecular weight is 517 g/mol. The van der Waals surface area contributed by atoms with E-state index in [1.165, 1.54) is 12.1 Å². The van der Waals surface area contributed by atoms with Gasteiger partial charge in [0.2, 0.25) is 0 Å². The van der Waals surface area contributed by atoms with Gasteiger partial charge in [-0.1, -0.05) is 12.1 Å². The highest BCUT2D eigenvalue weighted by Crippen LogP contribution is 2.36. The fourth-order valence-electron chi connectivity index (χ4n) is 5.69. The van der Waals surface area contributed by atoms with Gasteiger partial charge in [0.05, 0.1) is 35.4 Å². The average Bonchev–Trinajstić information content (AvgIpc) is 3.64. The van der Waals surface area contributed by atoms with Crippen LogP contribution < -0.4 is 10.6 Å². The standard InChI is InChI=1S/C28H26F2N6O2/c29-17-5-7-36-24(11-31-26(36)9-17)20-1-3-22(27-21(20)10-32-28(27)37)33-25-4-2-19(16-6-8-38-15-16)23(34-25)14-35-12-18(30)13-35/h1-5,7,9,11,16,18H,6,8,10,12-15H2,(H,32,37)(H,33,34)/t16-/m1/s1. The molecule has 0 bridgehead atoms. The highest BCUT2D eigenvalue weighted by atomic mass is 19.1. The van der Waals surface area contributed by atoms with Crippen LogP contribution in [0.15, 0.2) is 48.8 Å². The summed E-state index contributed by atoms with van der Waals surface area (Å²) in [6.07, 6.45) is 3.50. The van der Waals surface area contributed by atoms with Crippen LogP contribution in [0.1, 0.15) is 39.5 Å². The summed E-state index contributed by atoms with van der Waals surface area (Å²) in [5, 5.41) is 6.29. The van der Waals surface area contributed by atoms with Crippen LogP contribution in [0.2, 0.25) is 0 Å². The van der Waals surface area contributed by atoms with Crippen LogP contribution in [-0.2, 0) is 17.8 Å². The summed E-state index contributed by atoms with van der Waals surface area (Å²) in [7, 11) is 0. The highest BCUT2D eigenvalue weighted by Gasteiger charge is 2.30. The Hall–Kier alpha value is -3.89. The number of fused-ring (bicyclic) bond motifs is 2. The number of pyridine rings is 2. The fraction of sp³-hybridized carbons (Fsp3) is 0.321. The zero-order valence-corrected chi connectivity index (χ0v) is 20.6. The van der Waals surface area contributed by atoms with Crippen LogP contribution in [0.3, 0.4) is 0 Å². The number of alkyl halides is 1. The van der Waals surface area contributed by atoms with E-state index in [-0.39, 0.29) is 17.6 Å². The van der Waals surface area contributed by atoms with Crippen molar-refractivity contribution in [1.82, 2.24) is 24.6 Å². The van der Waals surface area contributed by atoms with Crippen molar-refractivity contribution in [3.63, 3.8) is 0 Å². The topological polar surface area (TPSA) is 83.8 Å². The second-order valence-corrected chi connectivity index (χ2v) is 10.1. The number of imidazole rings is 1. The molecule has 3 aliphatic heterocycles. The monoisotopic (exact) mass is 516 g/mol. The number of rotatable bonds is 6. The number of hydrogen-bond donors (Lipinski definition) is 2. The van der Waals surface area contributed by atoms with Gasteiger partial charge in [-0.05, 0) is 35.7 Å². The number of nitrogens with one attached hydrogen (secondary N) is 2. The minimum absolute atomic E-state index is 0.168. The smallest absolute Gasteiger partial charge is 0.254 e. The van der Waals surface area contributed by atoms with E-state index in [1.54, 1.807) is 12.4 Å². The van der Waals surface area contributed by atoms with Crippen LogP contribution in [-0.4, -0.2) is 57.7 Å². The zero-order chi connectivity index (χ0) is 25.8. The molecule has 3 aromatic heterocycles. The summed E-state index contributed by atoms with van der Waals surface area (Å²) >= 11 is 0. The second kappa shape index (κ2) is 9.14. The maximum absolute atomic E-state index is 13.7. The molecule has 194 valence electrons. The molecule has 1 atom stereocenters. The predicted octanol–water partition coefficient (Wildman–Crippen LogP) is 4.18. The van der Waals surface area contributed by atoms with Gasteiger partial charge in [-0.25, -0.2) is 18.7 Å². The van der Waals surface area contributed by atoms with Gasteiger partial charge < -0.3 is 15.4 Å². The van der Waals surface area contributed by atoms with E-state index < -0.39 is 6.17 Å². The van der Waals surface area contributed by atoms with E-state index in [1.807, 2.05) is 22.6 Å². The summed E-state index contributed by atoms with van der Waals surface area (Å²) < 4.78 is 34.6. The number of halogens is 2. The molecule has 6 heterocycles. The molecule has 4 aromatic rings. The summed E-state index contributed by atoms with van der Waals surface area (Å²) in [6.45, 7) is 3.20. The number of likely N-dealkylation sites (tertiary alicyclic amines) is 1. The van der Waals surface area contributed by atoms with Crippen molar-refractivity contribution in [2.75, 3.05) is 31.6 Å². The van der Waals surface area contributed by atoms with E-state index in [9.17, 15) is 13.6 Å². The summed E-state index contributed by atoms with van der Waals surface area (Å²) in [5.41, 5.74) is 6.24. The van der Waals surface area contributed by atoms with Crippen molar-refractivity contribution in [2.24, 2.45) is 0 Å². The van der Waals surface area contributed by atoms with Crippen molar-refractivity contribution in [3.05, 3.63) is 77.0 Å². The lowest BCUT2D eigenvalue weighted by Crippen LogP contribution is -2.47. The summed E-state index contributed by atoms with van der Waals surface area (Å²) in [6, 6.07) is 10.6. The molecule has 0 spiro atoms. The Morgan fingerprint density at radius 2 is 2.08 bits per heavy atom. The van der Waals surface area contributed by atoms with Crippen LogP contribution in [0.5, 0.6) is 0 Å².